The van der Waals surface area contributed by atoms with Crippen molar-refractivity contribution in [1.82, 2.24) is 9.78 Å². The second kappa shape index (κ2) is 5.43. The van der Waals surface area contributed by atoms with Gasteiger partial charge >= 0.3 is 5.97 Å². The number of hydrogen-bond acceptors (Lipinski definition) is 5. The summed E-state index contributed by atoms with van der Waals surface area (Å²) in [6, 6.07) is 6.54. The zero-order valence-corrected chi connectivity index (χ0v) is 10.8. The van der Waals surface area contributed by atoms with Crippen LogP contribution in [-0.2, 0) is 18.4 Å². The zero-order valence-electron chi connectivity index (χ0n) is 10.8. The van der Waals surface area contributed by atoms with Crippen molar-refractivity contribution >= 4 is 11.7 Å². The molecule has 100 valence electrons. The van der Waals surface area contributed by atoms with E-state index >= 15 is 0 Å². The predicted octanol–water partition coefficient (Wildman–Crippen LogP) is 1.37. The minimum Gasteiger partial charge on any atom is -0.497 e. The molecule has 0 saturated heterocycles. The lowest BCUT2D eigenvalue weighted by Crippen LogP contribution is -2.07. The lowest BCUT2D eigenvalue weighted by atomic mass is 10.2. The number of nitrogens with zero attached hydrogens (tertiary/aromatic N) is 2. The lowest BCUT2D eigenvalue weighted by molar-refractivity contribution is 0.0467. The second-order valence-electron chi connectivity index (χ2n) is 4.05. The maximum Gasteiger partial charge on any atom is 0.338 e. The number of methoxy groups -OCH3 is 1. The van der Waals surface area contributed by atoms with Gasteiger partial charge < -0.3 is 15.2 Å². The standard InChI is InChI=1S/C13H15N3O3/c1-16-4-3-11(15-16)8-19-13(17)9-5-10(14)7-12(6-9)18-2/h3-7H,8,14H2,1-2H3. The van der Waals surface area contributed by atoms with Gasteiger partial charge in [0.15, 0.2) is 0 Å². The third kappa shape index (κ3) is 3.25. The number of rotatable bonds is 4. The van der Waals surface area contributed by atoms with Crippen molar-refractivity contribution in [3.05, 3.63) is 41.7 Å². The van der Waals surface area contributed by atoms with Crippen molar-refractivity contribution in [2.45, 2.75) is 6.61 Å². The molecule has 0 aliphatic carbocycles. The van der Waals surface area contributed by atoms with Crippen LogP contribution in [0.3, 0.4) is 0 Å². The molecule has 0 aliphatic rings. The number of anilines is 1. The number of esters is 1. The highest BCUT2D eigenvalue weighted by Crippen LogP contribution is 2.19. The molecule has 2 aromatic rings. The fourth-order valence-corrected chi connectivity index (χ4v) is 1.62. The molecule has 0 amide bonds. The van der Waals surface area contributed by atoms with Gasteiger partial charge in [-0.25, -0.2) is 4.79 Å². The van der Waals surface area contributed by atoms with E-state index in [-0.39, 0.29) is 6.61 Å². The summed E-state index contributed by atoms with van der Waals surface area (Å²) in [6.07, 6.45) is 1.78. The van der Waals surface area contributed by atoms with Gasteiger partial charge in [0.2, 0.25) is 0 Å². The van der Waals surface area contributed by atoms with Gasteiger partial charge in [-0.2, -0.15) is 5.10 Å². The molecular weight excluding hydrogens is 246 g/mol. The van der Waals surface area contributed by atoms with E-state index in [2.05, 4.69) is 5.10 Å². The Kier molecular flexibility index (Phi) is 3.70. The molecule has 1 heterocycles. The van der Waals surface area contributed by atoms with Crippen LogP contribution in [0.15, 0.2) is 30.5 Å². The van der Waals surface area contributed by atoms with Gasteiger partial charge in [0.1, 0.15) is 12.4 Å². The Bertz CT molecular complexity index is 593. The van der Waals surface area contributed by atoms with Gasteiger partial charge in [0.05, 0.1) is 18.4 Å². The minimum atomic E-state index is -0.462. The topological polar surface area (TPSA) is 79.4 Å². The number of carbonyl (C=O) groups excluding carboxylic acids is 1. The van der Waals surface area contributed by atoms with Crippen molar-refractivity contribution in [3.8, 4) is 5.75 Å². The maximum atomic E-state index is 11.9. The molecule has 6 heteroatoms. The highest BCUT2D eigenvalue weighted by Gasteiger charge is 2.10. The molecule has 6 nitrogen and oxygen atoms in total. The van der Waals surface area contributed by atoms with E-state index in [1.807, 2.05) is 0 Å². The van der Waals surface area contributed by atoms with E-state index in [1.165, 1.54) is 7.11 Å². The molecule has 2 N–H and O–H groups in total. The van der Waals surface area contributed by atoms with Crippen LogP contribution in [0.5, 0.6) is 5.75 Å². The Morgan fingerprint density at radius 1 is 1.42 bits per heavy atom. The van der Waals surface area contributed by atoms with Gasteiger partial charge in [0, 0.05) is 25.0 Å². The molecule has 0 radical (unpaired) electrons. The number of benzene rings is 1. The van der Waals surface area contributed by atoms with Crippen LogP contribution in [0.2, 0.25) is 0 Å². The highest BCUT2D eigenvalue weighted by atomic mass is 16.5. The summed E-state index contributed by atoms with van der Waals surface area (Å²) in [7, 11) is 3.31. The van der Waals surface area contributed by atoms with Gasteiger partial charge in [-0.3, -0.25) is 4.68 Å². The average Bonchev–Trinajstić information content (AvgIpc) is 2.81. The minimum absolute atomic E-state index is 0.122. The van der Waals surface area contributed by atoms with Crippen molar-refractivity contribution in [2.24, 2.45) is 7.05 Å². The third-order valence-corrected chi connectivity index (χ3v) is 2.52. The van der Waals surface area contributed by atoms with Crippen LogP contribution >= 0.6 is 0 Å². The molecule has 19 heavy (non-hydrogen) atoms. The molecule has 0 bridgehead atoms. The number of carbonyl (C=O) groups is 1. The second-order valence-corrected chi connectivity index (χ2v) is 4.05. The summed E-state index contributed by atoms with van der Waals surface area (Å²) < 4.78 is 11.9. The molecule has 0 atom stereocenters. The Hall–Kier alpha value is -2.50. The van der Waals surface area contributed by atoms with Crippen LogP contribution < -0.4 is 10.5 Å². The average molecular weight is 261 g/mol. The largest absolute Gasteiger partial charge is 0.497 e. The Labute approximate surface area is 110 Å². The van der Waals surface area contributed by atoms with E-state index in [1.54, 1.807) is 42.2 Å². The Morgan fingerprint density at radius 3 is 2.84 bits per heavy atom. The van der Waals surface area contributed by atoms with Crippen LogP contribution in [0, 0.1) is 0 Å². The summed E-state index contributed by atoms with van der Waals surface area (Å²) in [5.41, 5.74) is 7.17. The summed E-state index contributed by atoms with van der Waals surface area (Å²) in [5.74, 6) is 0.0565. The van der Waals surface area contributed by atoms with Crippen LogP contribution in [0.25, 0.3) is 0 Å². The first kappa shape index (κ1) is 12.9. The molecule has 1 aromatic heterocycles. The smallest absolute Gasteiger partial charge is 0.338 e. The molecule has 0 aliphatic heterocycles. The summed E-state index contributed by atoms with van der Waals surface area (Å²) in [4.78, 5) is 11.9. The number of aromatic nitrogens is 2. The van der Waals surface area contributed by atoms with Crippen molar-refractivity contribution < 1.29 is 14.3 Å². The number of nitrogen functional groups attached to an aromatic ring is 1. The number of ether oxygens (including phenoxy) is 2. The predicted molar refractivity (Wildman–Crippen MR) is 69.7 cm³/mol. The van der Waals surface area contributed by atoms with Gasteiger partial charge in [-0.15, -0.1) is 0 Å². The fourth-order valence-electron chi connectivity index (χ4n) is 1.62. The zero-order chi connectivity index (χ0) is 13.8. The first-order valence-corrected chi connectivity index (χ1v) is 5.68. The first-order valence-electron chi connectivity index (χ1n) is 5.68. The highest BCUT2D eigenvalue weighted by molar-refractivity contribution is 5.91. The third-order valence-electron chi connectivity index (χ3n) is 2.52. The summed E-state index contributed by atoms with van der Waals surface area (Å²) in [5, 5.41) is 4.12. The van der Waals surface area contributed by atoms with E-state index < -0.39 is 5.97 Å². The fraction of sp³-hybridized carbons (Fsp3) is 0.231. The maximum absolute atomic E-state index is 11.9. The van der Waals surface area contributed by atoms with Crippen LogP contribution in [-0.4, -0.2) is 22.9 Å². The monoisotopic (exact) mass is 261 g/mol. The SMILES string of the molecule is COc1cc(N)cc(C(=O)OCc2ccn(C)n2)c1. The van der Waals surface area contributed by atoms with Gasteiger partial charge in [-0.05, 0) is 18.2 Å². The molecule has 1 aromatic carbocycles. The number of nitrogens with two attached hydrogens (primary N) is 1. The Morgan fingerprint density at radius 2 is 2.21 bits per heavy atom. The van der Waals surface area contributed by atoms with Gasteiger partial charge in [0.25, 0.3) is 0 Å². The quantitative estimate of drug-likeness (QED) is 0.664. The van der Waals surface area contributed by atoms with Crippen molar-refractivity contribution in [1.29, 1.82) is 0 Å². The normalized spacial score (nSPS) is 10.2. The van der Waals surface area contributed by atoms with Crippen LogP contribution in [0.1, 0.15) is 16.1 Å². The lowest BCUT2D eigenvalue weighted by Gasteiger charge is -2.06. The molecular formula is C13H15N3O3. The van der Waals surface area contributed by atoms with Crippen molar-refractivity contribution in [2.75, 3.05) is 12.8 Å². The van der Waals surface area contributed by atoms with E-state index in [9.17, 15) is 4.79 Å². The summed E-state index contributed by atoms with van der Waals surface area (Å²) in [6.45, 7) is 0.122. The van der Waals surface area contributed by atoms with Crippen molar-refractivity contribution in [3.63, 3.8) is 0 Å². The first-order chi connectivity index (χ1) is 9.08. The molecule has 0 unspecified atom stereocenters. The molecule has 0 saturated carbocycles. The number of hydrogen-bond donors (Lipinski definition) is 1. The molecule has 2 rings (SSSR count). The number of aryl methyl sites for hydroxylation is 1. The molecule has 0 fully saturated rings. The van der Waals surface area contributed by atoms with Gasteiger partial charge in [-0.1, -0.05) is 0 Å². The van der Waals surface area contributed by atoms with E-state index in [0.717, 1.165) is 0 Å². The van der Waals surface area contributed by atoms with Crippen LogP contribution in [0.4, 0.5) is 5.69 Å². The molecule has 0 spiro atoms. The summed E-state index contributed by atoms with van der Waals surface area (Å²) >= 11 is 0. The van der Waals surface area contributed by atoms with E-state index in [0.29, 0.717) is 22.7 Å². The van der Waals surface area contributed by atoms with E-state index in [4.69, 9.17) is 15.2 Å². The Balaban J connectivity index is 2.05.